The maximum Gasteiger partial charge on any atom is 0.409 e. The third kappa shape index (κ3) is 4.85. The Hall–Kier alpha value is -1.27. The maximum absolute atomic E-state index is 12.6. The number of halogens is 2. The molecule has 126 valence electrons. The summed E-state index contributed by atoms with van der Waals surface area (Å²) in [4.78, 5) is 27.8. The summed E-state index contributed by atoms with van der Waals surface area (Å²) in [5.41, 5.74) is 0.469. The van der Waals surface area contributed by atoms with E-state index in [4.69, 9.17) is 16.3 Å². The van der Waals surface area contributed by atoms with Crippen molar-refractivity contribution >= 4 is 39.5 Å². The van der Waals surface area contributed by atoms with Crippen molar-refractivity contribution in [2.75, 3.05) is 32.8 Å². The highest BCUT2D eigenvalue weighted by atomic mass is 79.9. The summed E-state index contributed by atoms with van der Waals surface area (Å²) in [7, 11) is 0. The topological polar surface area (TPSA) is 49.9 Å². The number of piperazine rings is 1. The van der Waals surface area contributed by atoms with Crippen LogP contribution in [0.2, 0.25) is 5.02 Å². The van der Waals surface area contributed by atoms with Crippen LogP contribution < -0.4 is 0 Å². The van der Waals surface area contributed by atoms with E-state index in [1.54, 1.807) is 28.0 Å². The van der Waals surface area contributed by atoms with Crippen molar-refractivity contribution in [3.05, 3.63) is 33.3 Å². The van der Waals surface area contributed by atoms with E-state index in [1.165, 1.54) is 0 Å². The van der Waals surface area contributed by atoms with Crippen LogP contribution in [-0.4, -0.2) is 54.6 Å². The van der Waals surface area contributed by atoms with Crippen molar-refractivity contribution in [1.29, 1.82) is 0 Å². The summed E-state index contributed by atoms with van der Waals surface area (Å²) in [6.07, 6.45) is -0.314. The number of carbonyl (C=O) groups excluding carboxylic acids is 2. The first-order valence-corrected chi connectivity index (χ1v) is 8.71. The maximum atomic E-state index is 12.6. The Morgan fingerprint density at radius 3 is 2.43 bits per heavy atom. The molecule has 1 aliphatic rings. The molecule has 0 aliphatic carbocycles. The number of hydrogen-bond acceptors (Lipinski definition) is 3. The molecule has 1 aromatic rings. The van der Waals surface area contributed by atoms with Gasteiger partial charge in [0.2, 0.25) is 0 Å². The van der Waals surface area contributed by atoms with E-state index in [0.717, 1.165) is 4.47 Å². The lowest BCUT2D eigenvalue weighted by Gasteiger charge is -2.34. The van der Waals surface area contributed by atoms with Crippen molar-refractivity contribution in [2.45, 2.75) is 13.8 Å². The van der Waals surface area contributed by atoms with Gasteiger partial charge in [0.25, 0.3) is 5.91 Å². The van der Waals surface area contributed by atoms with E-state index < -0.39 is 0 Å². The van der Waals surface area contributed by atoms with Crippen LogP contribution in [0.3, 0.4) is 0 Å². The first-order valence-electron chi connectivity index (χ1n) is 7.54. The van der Waals surface area contributed by atoms with E-state index in [0.29, 0.717) is 49.3 Å². The second kappa shape index (κ2) is 8.02. The lowest BCUT2D eigenvalue weighted by Crippen LogP contribution is -2.50. The predicted molar refractivity (Wildman–Crippen MR) is 92.8 cm³/mol. The first kappa shape index (κ1) is 18.1. The average Bonchev–Trinajstić information content (AvgIpc) is 2.54. The van der Waals surface area contributed by atoms with Crippen molar-refractivity contribution in [1.82, 2.24) is 9.80 Å². The quantitative estimate of drug-likeness (QED) is 0.774. The molecular formula is C16H20BrClN2O3. The fourth-order valence-corrected chi connectivity index (χ4v) is 2.81. The lowest BCUT2D eigenvalue weighted by atomic mass is 10.2. The molecule has 0 atom stereocenters. The summed E-state index contributed by atoms with van der Waals surface area (Å²) in [6.45, 7) is 6.27. The fraction of sp³-hybridized carbons (Fsp3) is 0.500. The standard InChI is InChI=1S/C16H20BrClN2O3/c1-11(2)10-23-16(22)20-7-5-19(6-8-20)15(21)13-9-12(17)3-4-14(13)18/h3-4,9,11H,5-8,10H2,1-2H3. The molecule has 0 spiro atoms. The van der Waals surface area contributed by atoms with Crippen LogP contribution in [0.4, 0.5) is 4.79 Å². The molecule has 23 heavy (non-hydrogen) atoms. The highest BCUT2D eigenvalue weighted by molar-refractivity contribution is 9.10. The molecule has 1 fully saturated rings. The van der Waals surface area contributed by atoms with E-state index >= 15 is 0 Å². The lowest BCUT2D eigenvalue weighted by molar-refractivity contribution is 0.0535. The summed E-state index contributed by atoms with van der Waals surface area (Å²) < 4.78 is 6.02. The van der Waals surface area contributed by atoms with E-state index in [9.17, 15) is 9.59 Å². The first-order chi connectivity index (χ1) is 10.9. The third-order valence-electron chi connectivity index (χ3n) is 3.52. The van der Waals surface area contributed by atoms with Gasteiger partial charge in [0.05, 0.1) is 17.2 Å². The Morgan fingerprint density at radius 2 is 1.83 bits per heavy atom. The SMILES string of the molecule is CC(C)COC(=O)N1CCN(C(=O)c2cc(Br)ccc2Cl)CC1. The molecular weight excluding hydrogens is 384 g/mol. The fourth-order valence-electron chi connectivity index (χ4n) is 2.25. The van der Waals surface area contributed by atoms with Crippen LogP contribution in [0.15, 0.2) is 22.7 Å². The smallest absolute Gasteiger partial charge is 0.409 e. The number of carbonyl (C=O) groups is 2. The minimum Gasteiger partial charge on any atom is -0.449 e. The zero-order chi connectivity index (χ0) is 17.0. The van der Waals surface area contributed by atoms with Gasteiger partial charge in [-0.25, -0.2) is 4.79 Å². The minimum atomic E-state index is -0.314. The zero-order valence-corrected chi connectivity index (χ0v) is 15.6. The normalized spacial score (nSPS) is 15.0. The molecule has 1 aromatic carbocycles. The van der Waals surface area contributed by atoms with Gasteiger partial charge < -0.3 is 14.5 Å². The number of hydrogen-bond donors (Lipinski definition) is 0. The van der Waals surface area contributed by atoms with Crippen molar-refractivity contribution in [3.63, 3.8) is 0 Å². The summed E-state index contributed by atoms with van der Waals surface area (Å²) in [6, 6.07) is 5.20. The number of ether oxygens (including phenoxy) is 1. The number of nitrogens with zero attached hydrogens (tertiary/aromatic N) is 2. The van der Waals surface area contributed by atoms with Crippen LogP contribution >= 0.6 is 27.5 Å². The van der Waals surface area contributed by atoms with E-state index in [2.05, 4.69) is 15.9 Å². The Bertz CT molecular complexity index is 587. The molecule has 1 heterocycles. The third-order valence-corrected chi connectivity index (χ3v) is 4.35. The predicted octanol–water partition coefficient (Wildman–Crippen LogP) is 3.65. The monoisotopic (exact) mass is 402 g/mol. The van der Waals surface area contributed by atoms with E-state index in [1.807, 2.05) is 13.8 Å². The molecule has 2 amide bonds. The molecule has 7 heteroatoms. The number of amides is 2. The molecule has 0 N–H and O–H groups in total. The van der Waals surface area contributed by atoms with Gasteiger partial charge in [0, 0.05) is 30.7 Å². The molecule has 1 saturated heterocycles. The highest BCUT2D eigenvalue weighted by Gasteiger charge is 2.26. The van der Waals surface area contributed by atoms with Gasteiger partial charge in [-0.05, 0) is 24.1 Å². The summed E-state index contributed by atoms with van der Waals surface area (Å²) in [5, 5.41) is 0.428. The molecule has 0 radical (unpaired) electrons. The van der Waals surface area contributed by atoms with Crippen molar-refractivity contribution < 1.29 is 14.3 Å². The van der Waals surface area contributed by atoms with Crippen LogP contribution in [0.5, 0.6) is 0 Å². The molecule has 0 aromatic heterocycles. The van der Waals surface area contributed by atoms with Crippen molar-refractivity contribution in [3.8, 4) is 0 Å². The van der Waals surface area contributed by atoms with Gasteiger partial charge in [0.1, 0.15) is 0 Å². The largest absolute Gasteiger partial charge is 0.449 e. The summed E-state index contributed by atoms with van der Waals surface area (Å²) >= 11 is 9.45. The van der Waals surface area contributed by atoms with Gasteiger partial charge in [-0.15, -0.1) is 0 Å². The highest BCUT2D eigenvalue weighted by Crippen LogP contribution is 2.23. The second-order valence-electron chi connectivity index (χ2n) is 5.87. The Balaban J connectivity index is 1.92. The Morgan fingerprint density at radius 1 is 1.22 bits per heavy atom. The molecule has 2 rings (SSSR count). The molecule has 0 unspecified atom stereocenters. The van der Waals surface area contributed by atoms with Gasteiger partial charge in [-0.1, -0.05) is 41.4 Å². The van der Waals surface area contributed by atoms with Crippen LogP contribution in [0.1, 0.15) is 24.2 Å². The van der Waals surface area contributed by atoms with Crippen LogP contribution in [-0.2, 0) is 4.74 Å². The van der Waals surface area contributed by atoms with Gasteiger partial charge in [0.15, 0.2) is 0 Å². The average molecular weight is 404 g/mol. The van der Waals surface area contributed by atoms with E-state index in [-0.39, 0.29) is 12.0 Å². The molecule has 5 nitrogen and oxygen atoms in total. The Kier molecular flexibility index (Phi) is 6.30. The van der Waals surface area contributed by atoms with Crippen LogP contribution in [0, 0.1) is 5.92 Å². The number of rotatable bonds is 3. The second-order valence-corrected chi connectivity index (χ2v) is 7.20. The number of benzene rings is 1. The van der Waals surface area contributed by atoms with Gasteiger partial charge in [-0.3, -0.25) is 4.79 Å². The van der Waals surface area contributed by atoms with Crippen LogP contribution in [0.25, 0.3) is 0 Å². The molecule has 0 saturated carbocycles. The molecule has 1 aliphatic heterocycles. The minimum absolute atomic E-state index is 0.119. The van der Waals surface area contributed by atoms with Gasteiger partial charge >= 0.3 is 6.09 Å². The summed E-state index contributed by atoms with van der Waals surface area (Å²) in [5.74, 6) is 0.187. The van der Waals surface area contributed by atoms with Crippen molar-refractivity contribution in [2.24, 2.45) is 5.92 Å². The zero-order valence-electron chi connectivity index (χ0n) is 13.2. The Labute approximate surface area is 149 Å². The molecule has 0 bridgehead atoms. The van der Waals surface area contributed by atoms with Gasteiger partial charge in [-0.2, -0.15) is 0 Å².